The summed E-state index contributed by atoms with van der Waals surface area (Å²) in [6.45, 7) is 0. The van der Waals surface area contributed by atoms with Crippen molar-refractivity contribution in [1.29, 1.82) is 0 Å². The first-order valence-electron chi connectivity index (χ1n) is 20.5. The molecule has 13 aromatic rings. The molecule has 3 heterocycles. The normalized spacial score (nSPS) is 12.0. The second-order valence-electron chi connectivity index (χ2n) is 15.7. The standard InChI is InChI=1S/C56H34N4/c1-2-15-35(16-3-1)54-46-24-8-11-26-49(46)57-56(58-54)36-17-14-18-37(33-36)60-50-27-12-9-23-44(50)45-31-32-52-53(55(45)60)47-25-10-13-28-51(47)59(52)38-29-30-43-41-21-5-4-19-39(41)40-20-6-7-22-42(40)48(43)34-38/h1-34H. The quantitative estimate of drug-likeness (QED) is 0.167. The molecule has 0 spiro atoms. The van der Waals surface area contributed by atoms with Gasteiger partial charge in [-0.25, -0.2) is 9.97 Å². The highest BCUT2D eigenvalue weighted by Gasteiger charge is 2.22. The Bertz CT molecular complexity index is 3860. The largest absolute Gasteiger partial charge is 0.309 e. The van der Waals surface area contributed by atoms with E-state index in [2.05, 4.69) is 203 Å². The fraction of sp³-hybridized carbons (Fsp3) is 0. The minimum absolute atomic E-state index is 0.702. The molecule has 0 bridgehead atoms. The molecule has 0 aliphatic rings. The van der Waals surface area contributed by atoms with E-state index in [0.29, 0.717) is 5.82 Å². The molecular formula is C56H34N4. The molecule has 0 amide bonds. The maximum Gasteiger partial charge on any atom is 0.160 e. The van der Waals surface area contributed by atoms with Crippen molar-refractivity contribution in [3.8, 4) is 34.0 Å². The molecule has 0 aliphatic carbocycles. The van der Waals surface area contributed by atoms with Gasteiger partial charge in [-0.05, 0) is 80.8 Å². The van der Waals surface area contributed by atoms with Crippen molar-refractivity contribution in [2.75, 3.05) is 0 Å². The minimum Gasteiger partial charge on any atom is -0.309 e. The van der Waals surface area contributed by atoms with Crippen LogP contribution in [-0.4, -0.2) is 19.1 Å². The SMILES string of the molecule is c1ccc(-c2nc(-c3cccc(-n4c5ccccc5c5ccc6c(c7ccccc7n6-c6ccc7c8ccccc8c8ccccc8c7c6)c54)c3)nc3ccccc23)cc1. The predicted molar refractivity (Wildman–Crippen MR) is 252 cm³/mol. The number of fused-ring (bicyclic) bond motifs is 14. The van der Waals surface area contributed by atoms with Gasteiger partial charge in [0, 0.05) is 49.4 Å². The van der Waals surface area contributed by atoms with Gasteiger partial charge >= 0.3 is 0 Å². The minimum atomic E-state index is 0.702. The number of benzene rings is 10. The lowest BCUT2D eigenvalue weighted by Crippen LogP contribution is -1.98. The number of hydrogen-bond acceptors (Lipinski definition) is 2. The van der Waals surface area contributed by atoms with E-state index in [0.717, 1.165) is 44.6 Å². The fourth-order valence-electron chi connectivity index (χ4n) is 9.90. The van der Waals surface area contributed by atoms with Gasteiger partial charge in [-0.1, -0.05) is 158 Å². The molecule has 10 aromatic carbocycles. The Morgan fingerprint density at radius 2 is 0.850 bits per heavy atom. The monoisotopic (exact) mass is 762 g/mol. The third kappa shape index (κ3) is 4.73. The molecule has 4 nitrogen and oxygen atoms in total. The zero-order valence-corrected chi connectivity index (χ0v) is 32.4. The lowest BCUT2D eigenvalue weighted by molar-refractivity contribution is 1.17. The van der Waals surface area contributed by atoms with Crippen molar-refractivity contribution in [3.05, 3.63) is 206 Å². The van der Waals surface area contributed by atoms with Gasteiger partial charge in [-0.3, -0.25) is 0 Å². The van der Waals surface area contributed by atoms with Gasteiger partial charge in [0.2, 0.25) is 0 Å². The highest BCUT2D eigenvalue weighted by Crippen LogP contribution is 2.44. The first kappa shape index (κ1) is 32.9. The maximum absolute atomic E-state index is 5.25. The van der Waals surface area contributed by atoms with Crippen molar-refractivity contribution >= 4 is 86.8 Å². The second kappa shape index (κ2) is 12.7. The Morgan fingerprint density at radius 1 is 0.300 bits per heavy atom. The molecule has 0 saturated heterocycles. The van der Waals surface area contributed by atoms with Crippen LogP contribution in [0.5, 0.6) is 0 Å². The third-order valence-electron chi connectivity index (χ3n) is 12.5. The van der Waals surface area contributed by atoms with Crippen LogP contribution in [0.4, 0.5) is 0 Å². The topological polar surface area (TPSA) is 35.6 Å². The number of para-hydroxylation sites is 3. The summed E-state index contributed by atoms with van der Waals surface area (Å²) in [5.41, 5.74) is 10.8. The van der Waals surface area contributed by atoms with Crippen LogP contribution in [-0.2, 0) is 0 Å². The van der Waals surface area contributed by atoms with Crippen molar-refractivity contribution in [3.63, 3.8) is 0 Å². The average molecular weight is 763 g/mol. The summed E-state index contributed by atoms with van der Waals surface area (Å²) in [6.07, 6.45) is 0. The van der Waals surface area contributed by atoms with E-state index in [1.165, 1.54) is 70.4 Å². The molecule has 3 aromatic heterocycles. The molecular weight excluding hydrogens is 729 g/mol. The Balaban J connectivity index is 1.08. The molecule has 278 valence electrons. The summed E-state index contributed by atoms with van der Waals surface area (Å²) >= 11 is 0. The van der Waals surface area contributed by atoms with E-state index in [1.54, 1.807) is 0 Å². The van der Waals surface area contributed by atoms with Crippen LogP contribution in [0, 0.1) is 0 Å². The van der Waals surface area contributed by atoms with E-state index >= 15 is 0 Å². The molecule has 4 heteroatoms. The lowest BCUT2D eigenvalue weighted by atomic mass is 9.94. The lowest BCUT2D eigenvalue weighted by Gasteiger charge is -2.14. The molecule has 0 radical (unpaired) electrons. The zero-order valence-electron chi connectivity index (χ0n) is 32.4. The molecule has 13 rings (SSSR count). The first-order chi connectivity index (χ1) is 29.8. The van der Waals surface area contributed by atoms with E-state index < -0.39 is 0 Å². The van der Waals surface area contributed by atoms with E-state index in [1.807, 2.05) is 12.1 Å². The molecule has 0 fully saturated rings. The summed E-state index contributed by atoms with van der Waals surface area (Å²) in [7, 11) is 0. The van der Waals surface area contributed by atoms with Gasteiger partial charge in [0.05, 0.1) is 33.3 Å². The average Bonchev–Trinajstić information content (AvgIpc) is 3.84. The van der Waals surface area contributed by atoms with Gasteiger partial charge in [0.1, 0.15) is 0 Å². The fourth-order valence-corrected chi connectivity index (χ4v) is 9.90. The Hall–Kier alpha value is -8.08. The van der Waals surface area contributed by atoms with Gasteiger partial charge in [0.25, 0.3) is 0 Å². The highest BCUT2D eigenvalue weighted by atomic mass is 15.0. The van der Waals surface area contributed by atoms with Crippen molar-refractivity contribution in [1.82, 2.24) is 19.1 Å². The zero-order chi connectivity index (χ0) is 39.3. The highest BCUT2D eigenvalue weighted by molar-refractivity contribution is 6.28. The van der Waals surface area contributed by atoms with Crippen LogP contribution in [0.1, 0.15) is 0 Å². The number of aromatic nitrogens is 4. The van der Waals surface area contributed by atoms with E-state index in [4.69, 9.17) is 9.97 Å². The number of rotatable bonds is 4. The van der Waals surface area contributed by atoms with Gasteiger partial charge in [-0.15, -0.1) is 0 Å². The smallest absolute Gasteiger partial charge is 0.160 e. The van der Waals surface area contributed by atoms with Crippen molar-refractivity contribution in [2.45, 2.75) is 0 Å². The molecule has 0 saturated carbocycles. The summed E-state index contributed by atoms with van der Waals surface area (Å²) in [6, 6.07) is 74.4. The van der Waals surface area contributed by atoms with Gasteiger partial charge in [-0.2, -0.15) is 0 Å². The summed E-state index contributed by atoms with van der Waals surface area (Å²) in [4.78, 5) is 10.4. The summed E-state index contributed by atoms with van der Waals surface area (Å²) in [5, 5.41) is 13.5. The maximum atomic E-state index is 5.25. The van der Waals surface area contributed by atoms with Crippen molar-refractivity contribution in [2.24, 2.45) is 0 Å². The number of nitrogens with zero attached hydrogens (tertiary/aromatic N) is 4. The molecule has 0 atom stereocenters. The molecule has 0 N–H and O–H groups in total. The van der Waals surface area contributed by atoms with Gasteiger partial charge < -0.3 is 9.13 Å². The van der Waals surface area contributed by atoms with Crippen LogP contribution in [0.25, 0.3) is 121 Å². The van der Waals surface area contributed by atoms with E-state index in [9.17, 15) is 0 Å². The third-order valence-corrected chi connectivity index (χ3v) is 12.5. The Morgan fingerprint density at radius 3 is 1.60 bits per heavy atom. The number of hydrogen-bond donors (Lipinski definition) is 0. The molecule has 0 aliphatic heterocycles. The molecule has 60 heavy (non-hydrogen) atoms. The van der Waals surface area contributed by atoms with Crippen LogP contribution in [0.2, 0.25) is 0 Å². The van der Waals surface area contributed by atoms with Crippen LogP contribution in [0.15, 0.2) is 206 Å². The van der Waals surface area contributed by atoms with Crippen LogP contribution >= 0.6 is 0 Å². The van der Waals surface area contributed by atoms with Crippen molar-refractivity contribution < 1.29 is 0 Å². The van der Waals surface area contributed by atoms with Gasteiger partial charge in [0.15, 0.2) is 5.82 Å². The second-order valence-corrected chi connectivity index (χ2v) is 15.7. The Labute approximate surface area is 344 Å². The summed E-state index contributed by atoms with van der Waals surface area (Å²) in [5.74, 6) is 0.702. The first-order valence-corrected chi connectivity index (χ1v) is 20.5. The van der Waals surface area contributed by atoms with Crippen LogP contribution in [0.3, 0.4) is 0 Å². The predicted octanol–water partition coefficient (Wildman–Crippen LogP) is 14.6. The molecule has 0 unspecified atom stereocenters. The summed E-state index contributed by atoms with van der Waals surface area (Å²) < 4.78 is 4.91. The Kier molecular flexibility index (Phi) is 6.98. The van der Waals surface area contributed by atoms with Crippen LogP contribution < -0.4 is 0 Å². The van der Waals surface area contributed by atoms with E-state index in [-0.39, 0.29) is 0 Å².